The monoisotopic (exact) mass is 494 g/mol. The van der Waals surface area contributed by atoms with E-state index in [1.54, 1.807) is 19.2 Å². The molecule has 1 amide bonds. The lowest BCUT2D eigenvalue weighted by atomic mass is 10.1. The van der Waals surface area contributed by atoms with E-state index in [1.807, 2.05) is 12.1 Å². The Bertz CT molecular complexity index is 1310. The highest BCUT2D eigenvalue weighted by Gasteiger charge is 2.40. The summed E-state index contributed by atoms with van der Waals surface area (Å²) < 4.78 is 31.5. The number of carbonyl (C=O) groups is 1. The fourth-order valence-corrected chi connectivity index (χ4v) is 5.17. The highest BCUT2D eigenvalue weighted by atomic mass is 19.1. The minimum atomic E-state index is -0.349. The van der Waals surface area contributed by atoms with Gasteiger partial charge in [-0.2, -0.15) is 0 Å². The Labute approximate surface area is 207 Å². The number of methoxy groups -OCH3 is 1. The molecule has 0 radical (unpaired) electrons. The Morgan fingerprint density at radius 2 is 2.17 bits per heavy atom. The van der Waals surface area contributed by atoms with Gasteiger partial charge >= 0.3 is 0 Å². The average Bonchev–Trinajstić information content (AvgIpc) is 3.18. The largest absolute Gasteiger partial charge is 0.481 e. The van der Waals surface area contributed by atoms with Crippen molar-refractivity contribution in [3.05, 3.63) is 47.5 Å². The first kappa shape index (κ1) is 23.0. The molecule has 6 rings (SSSR count). The van der Waals surface area contributed by atoms with Crippen LogP contribution in [0.15, 0.2) is 30.5 Å². The molecule has 188 valence electrons. The summed E-state index contributed by atoms with van der Waals surface area (Å²) in [7, 11) is 1.54. The number of ether oxygens (including phenoxy) is 3. The first-order valence-electron chi connectivity index (χ1n) is 12.1. The third kappa shape index (κ3) is 4.57. The van der Waals surface area contributed by atoms with Crippen LogP contribution in [-0.4, -0.2) is 77.4 Å². The lowest BCUT2D eigenvalue weighted by Gasteiger charge is -2.33. The van der Waals surface area contributed by atoms with Crippen molar-refractivity contribution < 1.29 is 23.4 Å². The Hall–Kier alpha value is -3.41. The lowest BCUT2D eigenvalue weighted by molar-refractivity contribution is -0.118. The molecule has 0 saturated carbocycles. The van der Waals surface area contributed by atoms with Crippen LogP contribution < -0.4 is 20.1 Å². The fraction of sp³-hybridized carbons (Fsp3) is 0.440. The van der Waals surface area contributed by atoms with E-state index in [4.69, 9.17) is 14.2 Å². The summed E-state index contributed by atoms with van der Waals surface area (Å²) in [5.41, 5.74) is 2.58. The van der Waals surface area contributed by atoms with Crippen LogP contribution in [0.5, 0.6) is 11.6 Å². The number of amides is 1. The number of halogens is 1. The van der Waals surface area contributed by atoms with Crippen LogP contribution in [0, 0.1) is 5.82 Å². The maximum absolute atomic E-state index is 14.7. The van der Waals surface area contributed by atoms with Crippen molar-refractivity contribution in [2.45, 2.75) is 37.6 Å². The van der Waals surface area contributed by atoms with E-state index >= 15 is 0 Å². The molecule has 6 heterocycles. The van der Waals surface area contributed by atoms with Gasteiger partial charge in [-0.3, -0.25) is 14.7 Å². The molecule has 2 N–H and O–H groups in total. The van der Waals surface area contributed by atoms with Crippen LogP contribution >= 0.6 is 0 Å². The molecule has 2 fully saturated rings. The van der Waals surface area contributed by atoms with Crippen LogP contribution in [0.1, 0.15) is 17.7 Å². The number of carbonyl (C=O) groups excluding carboxylic acids is 1. The summed E-state index contributed by atoms with van der Waals surface area (Å²) in [4.78, 5) is 27.0. The molecule has 11 heteroatoms. The molecule has 3 atom stereocenters. The quantitative estimate of drug-likeness (QED) is 0.507. The van der Waals surface area contributed by atoms with Gasteiger partial charge < -0.3 is 24.8 Å². The van der Waals surface area contributed by atoms with Crippen LogP contribution in [-0.2, 0) is 22.5 Å². The highest BCUT2D eigenvalue weighted by Crippen LogP contribution is 2.29. The number of nitrogens with one attached hydrogen (secondary N) is 2. The van der Waals surface area contributed by atoms with Gasteiger partial charge in [0, 0.05) is 43.9 Å². The van der Waals surface area contributed by atoms with Crippen LogP contribution in [0.4, 0.5) is 10.2 Å². The smallest absolute Gasteiger partial charge is 0.263 e. The molecular formula is C25H27FN6O4. The van der Waals surface area contributed by atoms with Gasteiger partial charge in [0.2, 0.25) is 5.88 Å². The predicted octanol–water partition coefficient (Wildman–Crippen LogP) is 1.68. The van der Waals surface area contributed by atoms with Gasteiger partial charge in [0.25, 0.3) is 5.91 Å². The Morgan fingerprint density at radius 3 is 3.06 bits per heavy atom. The van der Waals surface area contributed by atoms with Gasteiger partial charge in [0.1, 0.15) is 5.82 Å². The normalized spacial score (nSPS) is 23.3. The second kappa shape index (κ2) is 9.57. The van der Waals surface area contributed by atoms with Crippen molar-refractivity contribution in [2.24, 2.45) is 0 Å². The molecule has 3 aliphatic rings. The molecule has 0 aromatic carbocycles. The predicted molar refractivity (Wildman–Crippen MR) is 128 cm³/mol. The number of anilines is 1. The molecule has 0 aliphatic carbocycles. The summed E-state index contributed by atoms with van der Waals surface area (Å²) >= 11 is 0. The van der Waals surface area contributed by atoms with Crippen molar-refractivity contribution >= 4 is 22.8 Å². The van der Waals surface area contributed by atoms with E-state index < -0.39 is 0 Å². The molecule has 3 aliphatic heterocycles. The fourth-order valence-electron chi connectivity index (χ4n) is 5.17. The molecule has 2 saturated heterocycles. The van der Waals surface area contributed by atoms with E-state index in [0.717, 1.165) is 25.2 Å². The summed E-state index contributed by atoms with van der Waals surface area (Å²) in [5, 5.41) is 6.31. The third-order valence-electron chi connectivity index (χ3n) is 6.94. The number of hydrogen-bond acceptors (Lipinski definition) is 9. The van der Waals surface area contributed by atoms with Crippen molar-refractivity contribution in [2.75, 3.05) is 38.7 Å². The number of likely N-dealkylation sites (tertiary alicyclic amines) is 1. The van der Waals surface area contributed by atoms with Crippen molar-refractivity contribution in [3.63, 3.8) is 0 Å². The van der Waals surface area contributed by atoms with Crippen molar-refractivity contribution in [3.8, 4) is 11.6 Å². The van der Waals surface area contributed by atoms with Crippen LogP contribution in [0.25, 0.3) is 11.0 Å². The minimum Gasteiger partial charge on any atom is -0.481 e. The van der Waals surface area contributed by atoms with Gasteiger partial charge in [0.05, 0.1) is 42.2 Å². The maximum atomic E-state index is 14.7. The molecule has 3 aromatic rings. The van der Waals surface area contributed by atoms with Crippen LogP contribution in [0.2, 0.25) is 0 Å². The maximum Gasteiger partial charge on any atom is 0.263 e. The van der Waals surface area contributed by atoms with Crippen molar-refractivity contribution in [1.82, 2.24) is 25.2 Å². The van der Waals surface area contributed by atoms with E-state index in [2.05, 4.69) is 30.5 Å². The molecule has 2 bridgehead atoms. The number of morpholine rings is 1. The number of aromatic nitrogens is 3. The molecule has 36 heavy (non-hydrogen) atoms. The summed E-state index contributed by atoms with van der Waals surface area (Å²) in [5.74, 6) is 0.936. The first-order valence-corrected chi connectivity index (χ1v) is 12.1. The zero-order valence-electron chi connectivity index (χ0n) is 19.9. The van der Waals surface area contributed by atoms with E-state index in [0.29, 0.717) is 53.6 Å². The zero-order valence-corrected chi connectivity index (χ0v) is 19.9. The lowest BCUT2D eigenvalue weighted by Crippen LogP contribution is -2.47. The van der Waals surface area contributed by atoms with Gasteiger partial charge in [-0.25, -0.2) is 14.4 Å². The minimum absolute atomic E-state index is 0.0139. The first-order chi connectivity index (χ1) is 17.6. The van der Waals surface area contributed by atoms with Crippen molar-refractivity contribution in [1.29, 1.82) is 0 Å². The molecular weight excluding hydrogens is 467 g/mol. The molecule has 0 spiro atoms. The summed E-state index contributed by atoms with van der Waals surface area (Å²) in [6.07, 6.45) is 2.86. The van der Waals surface area contributed by atoms with E-state index in [1.165, 1.54) is 6.20 Å². The second-order valence-corrected chi connectivity index (χ2v) is 9.32. The molecule has 1 unspecified atom stereocenters. The van der Waals surface area contributed by atoms with E-state index in [-0.39, 0.29) is 36.6 Å². The highest BCUT2D eigenvalue weighted by molar-refractivity contribution is 5.94. The van der Waals surface area contributed by atoms with Gasteiger partial charge in [0.15, 0.2) is 18.2 Å². The zero-order chi connectivity index (χ0) is 24.6. The van der Waals surface area contributed by atoms with Crippen LogP contribution in [0.3, 0.4) is 0 Å². The van der Waals surface area contributed by atoms with Gasteiger partial charge in [-0.05, 0) is 31.0 Å². The second-order valence-electron chi connectivity index (χ2n) is 9.32. The third-order valence-corrected chi connectivity index (χ3v) is 6.94. The SMILES string of the molecule is COc1ccc2ncc(F)c(CCN3CC4O[C@H](C[C@@H]4NCc4ccc5c(n4)NC(=O)CO5)C3)c2n1. The van der Waals surface area contributed by atoms with Gasteiger partial charge in [-0.15, -0.1) is 0 Å². The average molecular weight is 495 g/mol. The number of fused-ring (bicyclic) bond motifs is 4. The topological polar surface area (TPSA) is 111 Å². The Balaban J connectivity index is 1.08. The Kier molecular flexibility index (Phi) is 6.12. The van der Waals surface area contributed by atoms with Gasteiger partial charge in [-0.1, -0.05) is 0 Å². The summed E-state index contributed by atoms with van der Waals surface area (Å²) in [6, 6.07) is 7.44. The van der Waals surface area contributed by atoms with E-state index in [9.17, 15) is 9.18 Å². The molecule has 10 nitrogen and oxygen atoms in total. The summed E-state index contributed by atoms with van der Waals surface area (Å²) in [6.45, 7) is 2.83. The number of rotatable bonds is 7. The Morgan fingerprint density at radius 1 is 1.25 bits per heavy atom. The molecule has 3 aromatic heterocycles. The number of pyridine rings is 3. The number of nitrogens with zero attached hydrogens (tertiary/aromatic N) is 4. The standard InChI is InChI=1S/C25H27FN6O4/c1-34-23-5-3-18-24(31-23)16(17(26)10-28-18)6-7-32-11-15-8-19(21(12-32)36-15)27-9-14-2-4-20-25(29-14)30-22(33)13-35-20/h2-5,10,15,19,21,27H,6-9,11-13H2,1H3,(H,29,30,33)/t15-,19+,21?/m1/s1. The number of hydrogen-bond donors (Lipinski definition) is 2.